The van der Waals surface area contributed by atoms with Gasteiger partial charge >= 0.3 is 5.97 Å². The Bertz CT molecular complexity index is 578. The minimum atomic E-state index is -1.00. The maximum absolute atomic E-state index is 12.1. The van der Waals surface area contributed by atoms with Crippen LogP contribution in [-0.4, -0.2) is 45.2 Å². The highest BCUT2D eigenvalue weighted by atomic mass is 16.4. The highest BCUT2D eigenvalue weighted by Gasteiger charge is 2.68. The van der Waals surface area contributed by atoms with Gasteiger partial charge in [0.2, 0.25) is 0 Å². The Morgan fingerprint density at radius 3 is 2.44 bits per heavy atom. The highest BCUT2D eigenvalue weighted by Crippen LogP contribution is 2.72. The van der Waals surface area contributed by atoms with E-state index < -0.39 is 17.0 Å². The average molecular weight is 352 g/mol. The molecule has 0 amide bonds. The van der Waals surface area contributed by atoms with Crippen LogP contribution in [0, 0.1) is 34.0 Å². The second kappa shape index (κ2) is 5.43. The first-order valence-corrected chi connectivity index (χ1v) is 9.94. The average Bonchev–Trinajstić information content (AvgIpc) is 2.79. The molecule has 0 saturated heterocycles. The van der Waals surface area contributed by atoms with Crippen LogP contribution in [0.1, 0.15) is 64.7 Å². The Hall–Kier alpha value is -0.650. The summed E-state index contributed by atoms with van der Waals surface area (Å²) in [4.78, 5) is 12.1. The molecule has 5 nitrogen and oxygen atoms in total. The van der Waals surface area contributed by atoms with Gasteiger partial charge in [-0.25, -0.2) is 0 Å². The zero-order valence-corrected chi connectivity index (χ0v) is 15.2. The van der Waals surface area contributed by atoms with E-state index in [4.69, 9.17) is 0 Å². The number of aliphatic carboxylic acids is 1. The van der Waals surface area contributed by atoms with E-state index in [-0.39, 0.29) is 35.9 Å². The summed E-state index contributed by atoms with van der Waals surface area (Å²) in [5, 5.41) is 40.7. The molecule has 1 spiro atoms. The number of fused-ring (bicyclic) bond motifs is 3. The molecule has 7 unspecified atom stereocenters. The van der Waals surface area contributed by atoms with Crippen molar-refractivity contribution in [1.82, 2.24) is 0 Å². The van der Waals surface area contributed by atoms with E-state index >= 15 is 0 Å². The van der Waals surface area contributed by atoms with Crippen molar-refractivity contribution in [1.29, 1.82) is 0 Å². The molecular weight excluding hydrogens is 320 g/mol. The molecule has 2 bridgehead atoms. The number of carbonyl (C=O) groups is 1. The Labute approximate surface area is 149 Å². The maximum Gasteiger partial charge on any atom is 0.312 e. The Kier molecular flexibility index (Phi) is 3.85. The molecule has 4 N–H and O–H groups in total. The normalized spacial score (nSPS) is 54.6. The maximum atomic E-state index is 12.1. The molecule has 4 aliphatic rings. The molecule has 5 heteroatoms. The summed E-state index contributed by atoms with van der Waals surface area (Å²) in [6, 6.07) is 0. The third-order valence-corrected chi connectivity index (χ3v) is 9.12. The molecule has 4 saturated carbocycles. The van der Waals surface area contributed by atoms with Gasteiger partial charge in [0.15, 0.2) is 0 Å². The third-order valence-electron chi connectivity index (χ3n) is 9.12. The van der Waals surface area contributed by atoms with Crippen LogP contribution >= 0.6 is 0 Å². The van der Waals surface area contributed by atoms with Crippen molar-refractivity contribution >= 4 is 5.97 Å². The standard InChI is InChI=1S/C20H32O5/c1-17-6-2-7-19(11-21,16(23)24)15(17)5-8-18-9-13(3-4-14(17)18)20(25,10-18)12-22/h13-15,21-22,25H,2-12H2,1H3,(H,23,24). The van der Waals surface area contributed by atoms with Crippen molar-refractivity contribution in [3.8, 4) is 0 Å². The number of rotatable bonds is 3. The summed E-state index contributed by atoms with van der Waals surface area (Å²) in [7, 11) is 0. The van der Waals surface area contributed by atoms with Crippen molar-refractivity contribution in [2.45, 2.75) is 70.3 Å². The van der Waals surface area contributed by atoms with Crippen LogP contribution in [0.4, 0.5) is 0 Å². The van der Waals surface area contributed by atoms with E-state index in [0.717, 1.165) is 44.9 Å². The number of carboxylic acids is 1. The quantitative estimate of drug-likeness (QED) is 0.624. The van der Waals surface area contributed by atoms with E-state index in [1.54, 1.807) is 0 Å². The van der Waals surface area contributed by atoms with Gasteiger partial charge in [-0.05, 0) is 80.0 Å². The van der Waals surface area contributed by atoms with E-state index in [0.29, 0.717) is 18.8 Å². The Balaban J connectivity index is 1.73. The lowest BCUT2D eigenvalue weighted by Crippen LogP contribution is -2.60. The molecule has 7 atom stereocenters. The van der Waals surface area contributed by atoms with Crippen molar-refractivity contribution in [3.05, 3.63) is 0 Å². The summed E-state index contributed by atoms with van der Waals surface area (Å²) < 4.78 is 0. The van der Waals surface area contributed by atoms with Crippen molar-refractivity contribution in [2.24, 2.45) is 34.0 Å². The minimum absolute atomic E-state index is 0.00578. The lowest BCUT2D eigenvalue weighted by atomic mass is 9.41. The Morgan fingerprint density at radius 2 is 1.80 bits per heavy atom. The van der Waals surface area contributed by atoms with Crippen LogP contribution in [0.15, 0.2) is 0 Å². The molecular formula is C20H32O5. The molecule has 0 aromatic heterocycles. The molecule has 142 valence electrons. The fourth-order valence-electron chi connectivity index (χ4n) is 8.13. The number of hydrogen-bond acceptors (Lipinski definition) is 4. The molecule has 25 heavy (non-hydrogen) atoms. The zero-order valence-electron chi connectivity index (χ0n) is 15.2. The first-order valence-electron chi connectivity index (χ1n) is 9.94. The van der Waals surface area contributed by atoms with E-state index in [2.05, 4.69) is 6.92 Å². The number of hydrogen-bond donors (Lipinski definition) is 4. The second-order valence-corrected chi connectivity index (χ2v) is 9.90. The topological polar surface area (TPSA) is 98.0 Å². The first kappa shape index (κ1) is 17.7. The molecule has 4 fully saturated rings. The van der Waals surface area contributed by atoms with Crippen molar-refractivity contribution < 1.29 is 25.2 Å². The van der Waals surface area contributed by atoms with E-state index in [1.165, 1.54) is 0 Å². The molecule has 0 heterocycles. The summed E-state index contributed by atoms with van der Waals surface area (Å²) in [5.41, 5.74) is -2.00. The fourth-order valence-corrected chi connectivity index (χ4v) is 8.13. The molecule has 0 aliphatic heterocycles. The number of carboxylic acid groups (broad SMARTS) is 1. The van der Waals surface area contributed by atoms with E-state index in [9.17, 15) is 25.2 Å². The minimum Gasteiger partial charge on any atom is -0.481 e. The van der Waals surface area contributed by atoms with Gasteiger partial charge in [0.25, 0.3) is 0 Å². The predicted molar refractivity (Wildman–Crippen MR) is 91.8 cm³/mol. The summed E-state index contributed by atoms with van der Waals surface area (Å²) in [6.07, 6.45) is 7.74. The summed E-state index contributed by atoms with van der Waals surface area (Å²) >= 11 is 0. The van der Waals surface area contributed by atoms with Gasteiger partial charge in [-0.2, -0.15) is 0 Å². The van der Waals surface area contributed by atoms with Crippen molar-refractivity contribution in [2.75, 3.05) is 13.2 Å². The molecule has 4 rings (SSSR count). The van der Waals surface area contributed by atoms with Gasteiger partial charge in [0.05, 0.1) is 24.2 Å². The SMILES string of the molecule is CC12CCCC(CO)(C(=O)O)C1CCC13CC(CCC12)C(O)(CO)C3. The lowest BCUT2D eigenvalue weighted by molar-refractivity contribution is -0.191. The van der Waals surface area contributed by atoms with Crippen LogP contribution < -0.4 is 0 Å². The number of aliphatic hydroxyl groups is 3. The fraction of sp³-hybridized carbons (Fsp3) is 0.950. The largest absolute Gasteiger partial charge is 0.481 e. The van der Waals surface area contributed by atoms with Crippen LogP contribution in [0.2, 0.25) is 0 Å². The summed E-state index contributed by atoms with van der Waals surface area (Å²) in [5.74, 6) is -0.263. The third kappa shape index (κ3) is 2.09. The molecule has 4 aliphatic carbocycles. The first-order chi connectivity index (χ1) is 11.8. The predicted octanol–water partition coefficient (Wildman–Crippen LogP) is 2.18. The lowest BCUT2D eigenvalue weighted by Gasteiger charge is -2.63. The zero-order chi connectivity index (χ0) is 18.1. The highest BCUT2D eigenvalue weighted by molar-refractivity contribution is 5.75. The Morgan fingerprint density at radius 1 is 1.04 bits per heavy atom. The van der Waals surface area contributed by atoms with Gasteiger partial charge in [-0.15, -0.1) is 0 Å². The second-order valence-electron chi connectivity index (χ2n) is 9.90. The summed E-state index contributed by atoms with van der Waals surface area (Å²) in [6.45, 7) is 1.82. The van der Waals surface area contributed by atoms with Crippen LogP contribution in [0.25, 0.3) is 0 Å². The molecule has 0 aromatic rings. The van der Waals surface area contributed by atoms with Crippen LogP contribution in [-0.2, 0) is 4.79 Å². The molecule has 0 aromatic carbocycles. The monoisotopic (exact) mass is 352 g/mol. The van der Waals surface area contributed by atoms with Gasteiger partial charge in [-0.3, -0.25) is 4.79 Å². The smallest absolute Gasteiger partial charge is 0.312 e. The van der Waals surface area contributed by atoms with Gasteiger partial charge < -0.3 is 20.4 Å². The molecule has 0 radical (unpaired) electrons. The van der Waals surface area contributed by atoms with E-state index in [1.807, 2.05) is 0 Å². The van der Waals surface area contributed by atoms with Gasteiger partial charge in [-0.1, -0.05) is 13.3 Å². The van der Waals surface area contributed by atoms with Gasteiger partial charge in [0, 0.05) is 0 Å². The number of aliphatic hydroxyl groups excluding tert-OH is 2. The van der Waals surface area contributed by atoms with Gasteiger partial charge in [0.1, 0.15) is 0 Å². The van der Waals surface area contributed by atoms with Crippen molar-refractivity contribution in [3.63, 3.8) is 0 Å². The van der Waals surface area contributed by atoms with Crippen LogP contribution in [0.3, 0.4) is 0 Å². The van der Waals surface area contributed by atoms with Crippen LogP contribution in [0.5, 0.6) is 0 Å².